The van der Waals surface area contributed by atoms with Crippen LogP contribution in [0.3, 0.4) is 0 Å². The van der Waals surface area contributed by atoms with E-state index in [0.29, 0.717) is 99.0 Å². The number of carbonyl (C=O) groups is 1. The molecule has 0 N–H and O–H groups in total. The van der Waals surface area contributed by atoms with Crippen molar-refractivity contribution in [3.05, 3.63) is 12.7 Å². The van der Waals surface area contributed by atoms with E-state index in [4.69, 9.17) is 37.9 Å². The lowest BCUT2D eigenvalue weighted by Crippen LogP contribution is -2.36. The van der Waals surface area contributed by atoms with Crippen LogP contribution in [0, 0.1) is 0 Å². The second kappa shape index (κ2) is 22.5. The molecule has 0 aromatic carbocycles. The number of ether oxygens (including phenoxy) is 8. The average Bonchev–Trinajstić information content (AvgIpc) is 2.76. The second-order valence-corrected chi connectivity index (χ2v) is 7.94. The molecule has 0 aliphatic rings. The van der Waals surface area contributed by atoms with Gasteiger partial charge in [0.05, 0.1) is 92.5 Å². The summed E-state index contributed by atoms with van der Waals surface area (Å²) >= 11 is 0. The van der Waals surface area contributed by atoms with Crippen molar-refractivity contribution in [1.29, 1.82) is 0 Å². The number of hydrogen-bond acceptors (Lipinski definition) is 9. The van der Waals surface area contributed by atoms with Crippen LogP contribution in [-0.2, 0) is 37.9 Å². The van der Waals surface area contributed by atoms with Crippen LogP contribution in [0.2, 0.25) is 0 Å². The highest BCUT2D eigenvalue weighted by Crippen LogP contribution is 2.08. The van der Waals surface area contributed by atoms with Crippen molar-refractivity contribution in [3.8, 4) is 0 Å². The third-order valence-corrected chi connectivity index (χ3v) is 3.74. The van der Waals surface area contributed by atoms with E-state index in [-0.39, 0.29) is 6.09 Å². The predicted octanol–water partition coefficient (Wildman–Crippen LogP) is 2.16. The Morgan fingerprint density at radius 1 is 0.667 bits per heavy atom. The monoisotopic (exact) mass is 479 g/mol. The molecule has 10 heteroatoms. The highest BCUT2D eigenvalue weighted by molar-refractivity contribution is 5.67. The maximum atomic E-state index is 11.8. The van der Waals surface area contributed by atoms with Crippen molar-refractivity contribution in [1.82, 2.24) is 4.90 Å². The van der Waals surface area contributed by atoms with E-state index in [2.05, 4.69) is 6.58 Å². The van der Waals surface area contributed by atoms with Gasteiger partial charge in [-0.15, -0.1) is 6.58 Å². The summed E-state index contributed by atoms with van der Waals surface area (Å²) in [5.41, 5.74) is -0.500. The van der Waals surface area contributed by atoms with Gasteiger partial charge in [0.2, 0.25) is 0 Å². The fourth-order valence-electron chi connectivity index (χ4n) is 2.12. The maximum absolute atomic E-state index is 11.8. The molecule has 0 bridgehead atoms. The Balaban J connectivity index is 3.20. The normalized spacial score (nSPS) is 11.5. The lowest BCUT2D eigenvalue weighted by molar-refractivity contribution is -0.0206. The van der Waals surface area contributed by atoms with Crippen LogP contribution >= 0.6 is 0 Å². The molecule has 0 aromatic rings. The van der Waals surface area contributed by atoms with Crippen LogP contribution in [0.4, 0.5) is 4.79 Å². The van der Waals surface area contributed by atoms with Crippen molar-refractivity contribution < 1.29 is 42.7 Å². The fourth-order valence-corrected chi connectivity index (χ4v) is 2.12. The molecule has 0 spiro atoms. The Morgan fingerprint density at radius 3 is 1.33 bits per heavy atom. The molecule has 0 radical (unpaired) electrons. The van der Waals surface area contributed by atoms with Gasteiger partial charge >= 0.3 is 6.09 Å². The predicted molar refractivity (Wildman–Crippen MR) is 125 cm³/mol. The lowest BCUT2D eigenvalue weighted by atomic mass is 10.2. The minimum atomic E-state index is -0.500. The number of likely N-dealkylation sites (N-methyl/N-ethyl adjacent to an activating group) is 1. The van der Waals surface area contributed by atoms with Gasteiger partial charge in [0.25, 0.3) is 0 Å². The van der Waals surface area contributed by atoms with E-state index < -0.39 is 5.60 Å². The molecule has 0 heterocycles. The van der Waals surface area contributed by atoms with Crippen LogP contribution < -0.4 is 0 Å². The molecular formula is C23H45NO9. The third kappa shape index (κ3) is 25.2. The van der Waals surface area contributed by atoms with Crippen LogP contribution in [0.15, 0.2) is 12.7 Å². The van der Waals surface area contributed by atoms with Crippen LogP contribution in [0.5, 0.6) is 0 Å². The molecule has 0 rings (SSSR count). The summed E-state index contributed by atoms with van der Waals surface area (Å²) in [4.78, 5) is 13.3. The van der Waals surface area contributed by atoms with Gasteiger partial charge in [-0.2, -0.15) is 0 Å². The van der Waals surface area contributed by atoms with E-state index in [1.165, 1.54) is 4.90 Å². The van der Waals surface area contributed by atoms with E-state index >= 15 is 0 Å². The summed E-state index contributed by atoms with van der Waals surface area (Å²) in [6.07, 6.45) is 1.35. The minimum Gasteiger partial charge on any atom is -0.444 e. The standard InChI is InChI=1S/C23H45NO9/c1-6-8-26-10-12-28-14-16-30-18-20-32-21-19-31-17-15-29-13-11-27-9-7-24(5)22(25)33-23(2,3)4/h6H,1,7-21H2,2-5H3. The topological polar surface area (TPSA) is 94.2 Å². The first-order valence-electron chi connectivity index (χ1n) is 11.5. The summed E-state index contributed by atoms with van der Waals surface area (Å²) < 4.78 is 43.0. The van der Waals surface area contributed by atoms with E-state index in [0.717, 1.165) is 0 Å². The minimum absolute atomic E-state index is 0.359. The maximum Gasteiger partial charge on any atom is 0.410 e. The molecule has 196 valence electrons. The van der Waals surface area contributed by atoms with Gasteiger partial charge in [0.15, 0.2) is 0 Å². The molecule has 0 fully saturated rings. The second-order valence-electron chi connectivity index (χ2n) is 7.94. The molecule has 0 saturated carbocycles. The molecule has 0 saturated heterocycles. The first kappa shape index (κ1) is 31.7. The Labute approximate surface area is 199 Å². The summed E-state index contributed by atoms with van der Waals surface area (Å²) in [6, 6.07) is 0. The number of rotatable bonds is 23. The van der Waals surface area contributed by atoms with Crippen molar-refractivity contribution >= 4 is 6.09 Å². The Morgan fingerprint density at radius 2 is 1.00 bits per heavy atom. The van der Waals surface area contributed by atoms with Gasteiger partial charge in [-0.25, -0.2) is 4.79 Å². The smallest absolute Gasteiger partial charge is 0.410 e. The van der Waals surface area contributed by atoms with Gasteiger partial charge in [-0.1, -0.05) is 6.08 Å². The summed E-state index contributed by atoms with van der Waals surface area (Å²) in [5.74, 6) is 0. The van der Waals surface area contributed by atoms with Crippen LogP contribution in [0.1, 0.15) is 20.8 Å². The Bertz CT molecular complexity index is 458. The number of nitrogens with zero attached hydrogens (tertiary/aromatic N) is 1. The number of amides is 1. The van der Waals surface area contributed by atoms with Gasteiger partial charge in [0, 0.05) is 13.6 Å². The quantitative estimate of drug-likeness (QED) is 0.161. The summed E-state index contributed by atoms with van der Waals surface area (Å²) in [6.45, 7) is 16.6. The van der Waals surface area contributed by atoms with Gasteiger partial charge < -0.3 is 42.8 Å². The van der Waals surface area contributed by atoms with Crippen LogP contribution in [-0.4, -0.2) is 123 Å². The SMILES string of the molecule is C=CCOCCOCCOCCOCCOCCOCCOCCN(C)C(=O)OC(C)(C)C. The number of carbonyl (C=O) groups excluding carboxylic acids is 1. The molecule has 0 unspecified atom stereocenters. The first-order valence-corrected chi connectivity index (χ1v) is 11.5. The highest BCUT2D eigenvalue weighted by atomic mass is 16.6. The molecule has 0 aliphatic carbocycles. The molecule has 0 atom stereocenters. The van der Waals surface area contributed by atoms with Crippen molar-refractivity contribution in [2.24, 2.45) is 0 Å². The molecule has 0 aromatic heterocycles. The third-order valence-electron chi connectivity index (χ3n) is 3.74. The summed E-state index contributed by atoms with van der Waals surface area (Å²) in [5, 5.41) is 0. The fraction of sp³-hybridized carbons (Fsp3) is 0.870. The summed E-state index contributed by atoms with van der Waals surface area (Å²) in [7, 11) is 1.68. The van der Waals surface area contributed by atoms with E-state index in [1.807, 2.05) is 20.8 Å². The van der Waals surface area contributed by atoms with E-state index in [9.17, 15) is 4.79 Å². The highest BCUT2D eigenvalue weighted by Gasteiger charge is 2.19. The zero-order chi connectivity index (χ0) is 24.6. The van der Waals surface area contributed by atoms with Crippen molar-refractivity contribution in [2.75, 3.05) is 106 Å². The zero-order valence-electron chi connectivity index (χ0n) is 21.0. The molecule has 10 nitrogen and oxygen atoms in total. The van der Waals surface area contributed by atoms with E-state index in [1.54, 1.807) is 13.1 Å². The number of hydrogen-bond donors (Lipinski definition) is 0. The van der Waals surface area contributed by atoms with Gasteiger partial charge in [0.1, 0.15) is 5.60 Å². The molecule has 33 heavy (non-hydrogen) atoms. The zero-order valence-corrected chi connectivity index (χ0v) is 21.0. The van der Waals surface area contributed by atoms with Crippen molar-refractivity contribution in [2.45, 2.75) is 26.4 Å². The first-order chi connectivity index (χ1) is 15.9. The van der Waals surface area contributed by atoms with Crippen LogP contribution in [0.25, 0.3) is 0 Å². The largest absolute Gasteiger partial charge is 0.444 e. The molecular weight excluding hydrogens is 434 g/mol. The Hall–Kier alpha value is -1.27. The van der Waals surface area contributed by atoms with Gasteiger partial charge in [-0.3, -0.25) is 0 Å². The molecule has 0 aliphatic heterocycles. The van der Waals surface area contributed by atoms with Gasteiger partial charge in [-0.05, 0) is 20.8 Å². The average molecular weight is 480 g/mol. The Kier molecular flexibility index (Phi) is 21.7. The van der Waals surface area contributed by atoms with Crippen molar-refractivity contribution in [3.63, 3.8) is 0 Å². The lowest BCUT2D eigenvalue weighted by Gasteiger charge is -2.24. The molecule has 1 amide bonds.